The van der Waals surface area contributed by atoms with Gasteiger partial charge in [0.15, 0.2) is 5.95 Å². The van der Waals surface area contributed by atoms with Gasteiger partial charge in [0.2, 0.25) is 33.2 Å². The molecule has 1 unspecified atom stereocenters. The number of hydrogen-bond donors (Lipinski definition) is 10. The van der Waals surface area contributed by atoms with Gasteiger partial charge in [-0.25, -0.2) is 13.4 Å². The maximum atomic E-state index is 13.7. The lowest BCUT2D eigenvalue weighted by Gasteiger charge is -2.31. The summed E-state index contributed by atoms with van der Waals surface area (Å²) in [5.74, 6) is -2.91. The molecular weight excluding hydrogens is 1260 g/mol. The van der Waals surface area contributed by atoms with Gasteiger partial charge in [0, 0.05) is 163 Å². The molecule has 1 aliphatic heterocycles. The SMILES string of the molecule is [CH]N1CCN([CH])CCN(CC(=O)N[C@H](Cc2ccc(OS)cc2)C(=O)NCCCOCCOCCOCCCNC(=O)CCCOc2cc(C)c(S(=O)(=O)NC(CNC(=O)c3cn(C)c4cc(CNc5ncc[nH]5)ccc4c3=O)C(=O)O)c(C)c2)CCN(CC(=O)O)CC1. The monoisotopic (exact) mass is 1350 g/mol. The van der Waals surface area contributed by atoms with E-state index in [1.807, 2.05) is 4.90 Å². The van der Waals surface area contributed by atoms with Crippen molar-refractivity contribution in [2.75, 3.05) is 137 Å². The lowest BCUT2D eigenvalue weighted by molar-refractivity contribution is -0.139. The molecule has 4 radical (unpaired) electrons. The topological polar surface area (TPSA) is 359 Å². The van der Waals surface area contributed by atoms with E-state index < -0.39 is 51.9 Å². The normalized spacial score (nSPS) is 14.7. The Kier molecular flexibility index (Phi) is 31.4. The predicted octanol–water partition coefficient (Wildman–Crippen LogP) is 1.47. The number of rotatable bonds is 38. The van der Waals surface area contributed by atoms with Crippen molar-refractivity contribution in [1.29, 1.82) is 0 Å². The molecule has 512 valence electrons. The number of carbonyl (C=O) groups excluding carboxylic acids is 4. The number of H-pyrrole nitrogens is 1. The van der Waals surface area contributed by atoms with E-state index in [2.05, 4.69) is 54.2 Å². The fourth-order valence-electron chi connectivity index (χ4n) is 10.1. The first-order chi connectivity index (χ1) is 45.1. The van der Waals surface area contributed by atoms with Crippen molar-refractivity contribution in [3.05, 3.63) is 125 Å². The third-order valence-electron chi connectivity index (χ3n) is 15.0. The molecule has 4 amide bonds. The Morgan fingerprint density at radius 1 is 0.713 bits per heavy atom. The first-order valence-corrected chi connectivity index (χ1v) is 32.7. The van der Waals surface area contributed by atoms with Crippen LogP contribution in [0.25, 0.3) is 10.9 Å². The molecule has 9 N–H and O–H groups in total. The molecule has 6 rings (SSSR count). The van der Waals surface area contributed by atoms with Crippen molar-refractivity contribution >= 4 is 75.4 Å². The molecule has 1 fully saturated rings. The van der Waals surface area contributed by atoms with Gasteiger partial charge in [0.05, 0.1) is 56.5 Å². The standard InChI is InChI=1S/C63H87N13O16S2/c1-44-35-49(36-45(2)59(44)94(86,87)71-53(62(84)85)40-68-60(82)51-41-74(5)54-38-47(12-15-50(54)58(51)81)39-69-63-66-18-19-67-63)91-30-6-9-55(77)64-16-7-28-88-31-33-90-34-32-89-29-8-17-65-61(83)52(37-46-10-13-48(92-93)14-11-46)70-56(78)42-75-24-22-72(3)20-21-73(4)23-25-76(27-26-75)43-57(79)80/h3-4,10-15,18-19,35-36,38,41,52-53,71,93H,6-9,16-17,20-34,37,39-40,42-43H2,1-2,5H3,(H,64,77)(H,65,83)(H,68,82)(H,70,78)(H,79,80)(H,84,85)(H2,66,67,69)/t52-,53?/m1/s1. The van der Waals surface area contributed by atoms with Gasteiger partial charge in [0.1, 0.15) is 29.1 Å². The maximum absolute atomic E-state index is 13.7. The van der Waals surface area contributed by atoms with Crippen molar-refractivity contribution in [3.8, 4) is 11.5 Å². The van der Waals surface area contributed by atoms with Crippen molar-refractivity contribution in [2.45, 2.75) is 69.5 Å². The minimum Gasteiger partial charge on any atom is -0.494 e. The fraction of sp³-hybridized carbons (Fsp3) is 0.492. The number of aliphatic carboxylic acids is 2. The first-order valence-electron chi connectivity index (χ1n) is 30.8. The molecule has 3 heterocycles. The number of nitrogens with one attached hydrogen (secondary N) is 7. The second-order valence-corrected chi connectivity index (χ2v) is 24.3. The van der Waals surface area contributed by atoms with Gasteiger partial charge >= 0.3 is 11.9 Å². The first kappa shape index (κ1) is 75.3. The van der Waals surface area contributed by atoms with Gasteiger partial charge < -0.3 is 69.5 Å². The molecular formula is C63H87N13O16S2. The van der Waals surface area contributed by atoms with E-state index in [0.717, 1.165) is 11.1 Å². The number of ether oxygens (including phenoxy) is 4. The van der Waals surface area contributed by atoms with Gasteiger partial charge in [0.25, 0.3) is 5.91 Å². The van der Waals surface area contributed by atoms with E-state index in [4.69, 9.17) is 37.2 Å². The molecule has 31 heteroatoms. The van der Waals surface area contributed by atoms with Crippen LogP contribution in [0.2, 0.25) is 0 Å². The zero-order valence-electron chi connectivity index (χ0n) is 53.3. The summed E-state index contributed by atoms with van der Waals surface area (Å²) in [5.41, 5.74) is 1.87. The molecule has 0 bridgehead atoms. The molecule has 1 aliphatic rings. The highest BCUT2D eigenvalue weighted by Crippen LogP contribution is 2.27. The van der Waals surface area contributed by atoms with Crippen molar-refractivity contribution in [3.63, 3.8) is 0 Å². The van der Waals surface area contributed by atoms with E-state index in [1.165, 1.54) is 32.2 Å². The summed E-state index contributed by atoms with van der Waals surface area (Å²) >= 11 is 3.84. The van der Waals surface area contributed by atoms with Crippen LogP contribution in [0.5, 0.6) is 11.5 Å². The van der Waals surface area contributed by atoms with Crippen molar-refractivity contribution in [1.82, 2.24) is 60.1 Å². The third kappa shape index (κ3) is 25.9. The smallest absolute Gasteiger partial charge is 0.323 e. The second-order valence-electron chi connectivity index (χ2n) is 22.4. The number of aromatic amines is 1. The van der Waals surface area contributed by atoms with Gasteiger partial charge in [-0.05, 0) is 91.8 Å². The number of amides is 4. The fourth-order valence-corrected chi connectivity index (χ4v) is 11.8. The summed E-state index contributed by atoms with van der Waals surface area (Å²) in [6, 6.07) is 12.4. The van der Waals surface area contributed by atoms with Gasteiger partial charge in [-0.2, -0.15) is 4.72 Å². The summed E-state index contributed by atoms with van der Waals surface area (Å²) in [5, 5.41) is 33.9. The number of aryl methyl sites for hydroxylation is 3. The number of thiol groups is 1. The number of hydrogen-bond acceptors (Lipinski definition) is 21. The largest absolute Gasteiger partial charge is 0.494 e. The number of anilines is 1. The molecule has 0 aliphatic carbocycles. The maximum Gasteiger partial charge on any atom is 0.323 e. The van der Waals surface area contributed by atoms with E-state index in [1.54, 1.807) is 81.2 Å². The quantitative estimate of drug-likeness (QED) is 0.0152. The number of sulfonamides is 1. The number of pyridine rings is 1. The number of fused-ring (bicyclic) bond motifs is 1. The molecule has 94 heavy (non-hydrogen) atoms. The summed E-state index contributed by atoms with van der Waals surface area (Å²) in [6.07, 6.45) is 6.43. The lowest BCUT2D eigenvalue weighted by atomic mass is 10.0. The van der Waals surface area contributed by atoms with Crippen LogP contribution in [0.15, 0.2) is 82.9 Å². The number of imidazole rings is 1. The van der Waals surface area contributed by atoms with Crippen molar-refractivity contribution in [2.24, 2.45) is 7.05 Å². The Hall–Kier alpha value is -7.72. The van der Waals surface area contributed by atoms with Gasteiger partial charge in [-0.1, -0.05) is 18.2 Å². The third-order valence-corrected chi connectivity index (χ3v) is 17.0. The number of carboxylic acid groups (broad SMARTS) is 2. The molecule has 2 aromatic heterocycles. The van der Waals surface area contributed by atoms with Gasteiger partial charge in [-0.15, -0.1) is 0 Å². The van der Waals surface area contributed by atoms with E-state index in [0.29, 0.717) is 154 Å². The number of aromatic nitrogens is 3. The predicted molar refractivity (Wildman–Crippen MR) is 351 cm³/mol. The molecule has 1 saturated heterocycles. The molecule has 29 nitrogen and oxygen atoms in total. The summed E-state index contributed by atoms with van der Waals surface area (Å²) in [7, 11) is 9.48. The number of carbonyl (C=O) groups is 6. The Morgan fingerprint density at radius 3 is 1.91 bits per heavy atom. The molecule has 3 aromatic carbocycles. The summed E-state index contributed by atoms with van der Waals surface area (Å²) in [4.78, 5) is 104. The van der Waals surface area contributed by atoms with E-state index in [-0.39, 0.29) is 77.2 Å². The minimum atomic E-state index is -4.46. The average Bonchev–Trinajstić information content (AvgIpc) is 0.825. The van der Waals surface area contributed by atoms with Gasteiger partial charge in [-0.3, -0.25) is 53.2 Å². The van der Waals surface area contributed by atoms with Crippen LogP contribution in [-0.2, 0) is 68.2 Å². The van der Waals surface area contributed by atoms with Crippen LogP contribution in [0.3, 0.4) is 0 Å². The minimum absolute atomic E-state index is 0.0454. The summed E-state index contributed by atoms with van der Waals surface area (Å²) < 4.78 is 58.8. The lowest BCUT2D eigenvalue weighted by Crippen LogP contribution is -2.52. The second kappa shape index (κ2) is 39.2. The van der Waals surface area contributed by atoms with Crippen LogP contribution >= 0.6 is 12.9 Å². The Labute approximate surface area is 553 Å². The molecule has 5 aromatic rings. The highest BCUT2D eigenvalue weighted by Gasteiger charge is 2.30. The Bertz CT molecular complexity index is 3410. The molecule has 0 spiro atoms. The van der Waals surface area contributed by atoms with Crippen LogP contribution in [0, 0.1) is 27.9 Å². The molecule has 0 saturated carbocycles. The Balaban J connectivity index is 0.808. The zero-order chi connectivity index (χ0) is 68.0. The highest BCUT2D eigenvalue weighted by molar-refractivity contribution is 7.89. The van der Waals surface area contributed by atoms with Crippen molar-refractivity contribution < 1.29 is 70.5 Å². The number of benzene rings is 3. The Morgan fingerprint density at radius 2 is 1.31 bits per heavy atom. The van der Waals surface area contributed by atoms with Crippen LogP contribution in [0.4, 0.5) is 5.95 Å². The zero-order valence-corrected chi connectivity index (χ0v) is 55.0. The molecule has 2 atom stereocenters. The number of nitrogens with zero attached hydrogens (tertiary/aromatic N) is 6. The van der Waals surface area contributed by atoms with Crippen LogP contribution in [-0.4, -0.2) is 232 Å². The summed E-state index contributed by atoms with van der Waals surface area (Å²) in [6.45, 7) is 8.90. The average molecular weight is 1350 g/mol. The highest BCUT2D eigenvalue weighted by atomic mass is 32.2. The van der Waals surface area contributed by atoms with Crippen LogP contribution in [0.1, 0.15) is 58.3 Å². The number of carboxylic acids is 2. The van der Waals surface area contributed by atoms with Crippen LogP contribution < -0.4 is 45.7 Å². The van der Waals surface area contributed by atoms with E-state index >= 15 is 0 Å². The van der Waals surface area contributed by atoms with E-state index in [9.17, 15) is 52.2 Å².